The fourth-order valence-corrected chi connectivity index (χ4v) is 3.54. The van der Waals surface area contributed by atoms with Gasteiger partial charge in [0.2, 0.25) is 0 Å². The Balaban J connectivity index is 1.54. The van der Waals surface area contributed by atoms with Crippen molar-refractivity contribution < 1.29 is 18.7 Å². The summed E-state index contributed by atoms with van der Waals surface area (Å²) in [5, 5.41) is 0.00636. The van der Waals surface area contributed by atoms with Crippen LogP contribution in [0.2, 0.25) is 5.02 Å². The number of rotatable bonds is 4. The molecule has 1 saturated heterocycles. The average molecular weight is 389 g/mol. The third-order valence-corrected chi connectivity index (χ3v) is 4.96. The summed E-state index contributed by atoms with van der Waals surface area (Å²) < 4.78 is 24.8. The van der Waals surface area contributed by atoms with E-state index in [0.717, 1.165) is 11.3 Å². The number of hydrogen-bond acceptors (Lipinski definition) is 5. The highest BCUT2D eigenvalue weighted by Gasteiger charge is 2.38. The van der Waals surface area contributed by atoms with Crippen molar-refractivity contribution in [3.8, 4) is 0 Å². The number of hydrogen-bond donors (Lipinski definition) is 0. The van der Waals surface area contributed by atoms with Gasteiger partial charge in [0.25, 0.3) is 0 Å². The number of carbonyl (C=O) groups excluding carboxylic acids is 1. The number of nitrogens with zero attached hydrogens (tertiary/aromatic N) is 2. The van der Waals surface area contributed by atoms with Crippen molar-refractivity contribution in [2.24, 2.45) is 4.99 Å². The van der Waals surface area contributed by atoms with Gasteiger partial charge in [-0.1, -0.05) is 17.7 Å². The molecule has 7 heteroatoms. The van der Waals surface area contributed by atoms with Crippen LogP contribution < -0.4 is 0 Å². The molecule has 1 aromatic carbocycles. The van der Waals surface area contributed by atoms with Gasteiger partial charge < -0.3 is 9.47 Å². The normalized spacial score (nSPS) is 20.4. The third-order valence-electron chi connectivity index (χ3n) is 4.67. The van der Waals surface area contributed by atoms with Crippen LogP contribution >= 0.6 is 11.6 Å². The minimum atomic E-state index is -0.643. The Morgan fingerprint density at radius 1 is 1.37 bits per heavy atom. The van der Waals surface area contributed by atoms with E-state index < -0.39 is 11.6 Å². The summed E-state index contributed by atoms with van der Waals surface area (Å²) in [6.45, 7) is 4.14. The topological polar surface area (TPSA) is 60.8 Å². The van der Waals surface area contributed by atoms with Gasteiger partial charge in [-0.15, -0.1) is 0 Å². The average Bonchev–Trinajstić information content (AvgIpc) is 3.20. The summed E-state index contributed by atoms with van der Waals surface area (Å²) >= 11 is 5.81. The van der Waals surface area contributed by atoms with Crippen molar-refractivity contribution in [2.45, 2.75) is 38.6 Å². The predicted octanol–water partition coefficient (Wildman–Crippen LogP) is 4.08. The molecule has 1 atom stereocenters. The lowest BCUT2D eigenvalue weighted by atomic mass is 9.97. The molecule has 2 aliphatic heterocycles. The number of aliphatic imine (C=N–C) groups is 1. The molecule has 27 heavy (non-hydrogen) atoms. The number of ether oxygens (including phenoxy) is 2. The first-order chi connectivity index (χ1) is 12.8. The Morgan fingerprint density at radius 3 is 2.89 bits per heavy atom. The molecule has 3 heterocycles. The molecule has 0 bridgehead atoms. The zero-order chi connectivity index (χ0) is 19.2. The molecule has 2 aliphatic rings. The first-order valence-electron chi connectivity index (χ1n) is 8.66. The summed E-state index contributed by atoms with van der Waals surface area (Å²) in [5.41, 5.74) is 2.83. The lowest BCUT2D eigenvalue weighted by molar-refractivity contribution is -0.131. The van der Waals surface area contributed by atoms with Crippen LogP contribution in [0.15, 0.2) is 35.5 Å². The lowest BCUT2D eigenvalue weighted by Gasteiger charge is -2.16. The molecule has 140 valence electrons. The van der Waals surface area contributed by atoms with Crippen LogP contribution in [0.3, 0.4) is 0 Å². The Labute approximate surface area is 161 Å². The second-order valence-electron chi connectivity index (χ2n) is 7.11. The van der Waals surface area contributed by atoms with Crippen LogP contribution in [0.5, 0.6) is 0 Å². The molecule has 0 N–H and O–H groups in total. The van der Waals surface area contributed by atoms with Crippen LogP contribution in [0.4, 0.5) is 10.2 Å². The second-order valence-corrected chi connectivity index (χ2v) is 7.51. The summed E-state index contributed by atoms with van der Waals surface area (Å²) in [5.74, 6) is -0.689. The van der Waals surface area contributed by atoms with E-state index in [1.165, 1.54) is 12.1 Å². The maximum Gasteiger partial charge on any atom is 0.167 e. The Bertz CT molecular complexity index is 958. The molecular weight excluding hydrogens is 371 g/mol. The van der Waals surface area contributed by atoms with Gasteiger partial charge in [-0.3, -0.25) is 4.79 Å². The molecule has 2 aromatic rings. The maximum atomic E-state index is 13.3. The van der Waals surface area contributed by atoms with Crippen molar-refractivity contribution in [3.63, 3.8) is 0 Å². The van der Waals surface area contributed by atoms with Gasteiger partial charge in [-0.25, -0.2) is 14.4 Å². The molecule has 5 nitrogen and oxygen atoms in total. The van der Waals surface area contributed by atoms with E-state index in [2.05, 4.69) is 9.98 Å². The van der Waals surface area contributed by atoms with Crippen LogP contribution in [0.1, 0.15) is 35.3 Å². The number of carbonyl (C=O) groups is 1. The largest absolute Gasteiger partial charge is 0.347 e. The summed E-state index contributed by atoms with van der Waals surface area (Å²) in [4.78, 5) is 21.7. The van der Waals surface area contributed by atoms with Crippen molar-refractivity contribution in [3.05, 3.63) is 58.0 Å². The number of fused-ring (bicyclic) bond motifs is 1. The number of ketones is 1. The Morgan fingerprint density at radius 2 is 2.19 bits per heavy atom. The van der Waals surface area contributed by atoms with Gasteiger partial charge in [0.05, 0.1) is 17.3 Å². The number of benzene rings is 1. The van der Waals surface area contributed by atoms with E-state index in [-0.39, 0.29) is 23.3 Å². The first kappa shape index (κ1) is 18.2. The van der Waals surface area contributed by atoms with Crippen LogP contribution in [-0.4, -0.2) is 35.0 Å². The lowest BCUT2D eigenvalue weighted by Crippen LogP contribution is -2.27. The minimum Gasteiger partial charge on any atom is -0.347 e. The van der Waals surface area contributed by atoms with Gasteiger partial charge in [-0.2, -0.15) is 0 Å². The second kappa shape index (κ2) is 6.78. The van der Waals surface area contributed by atoms with E-state index in [9.17, 15) is 9.18 Å². The van der Waals surface area contributed by atoms with Crippen molar-refractivity contribution >= 4 is 28.9 Å². The Hall–Kier alpha value is -2.15. The van der Waals surface area contributed by atoms with Crippen molar-refractivity contribution in [2.75, 3.05) is 6.61 Å². The molecule has 1 unspecified atom stereocenters. The highest BCUT2D eigenvalue weighted by molar-refractivity contribution is 6.30. The van der Waals surface area contributed by atoms with Gasteiger partial charge in [-0.05, 0) is 37.6 Å². The molecular formula is C20H18ClFN2O3. The van der Waals surface area contributed by atoms with Crippen molar-refractivity contribution in [1.29, 1.82) is 0 Å². The van der Waals surface area contributed by atoms with Gasteiger partial charge >= 0.3 is 0 Å². The summed E-state index contributed by atoms with van der Waals surface area (Å²) in [6, 6.07) is 6.00. The molecule has 0 radical (unpaired) electrons. The highest BCUT2D eigenvalue weighted by atomic mass is 35.5. The van der Waals surface area contributed by atoms with Crippen molar-refractivity contribution in [1.82, 2.24) is 4.98 Å². The van der Waals surface area contributed by atoms with Crippen LogP contribution in [0, 0.1) is 5.82 Å². The molecule has 4 rings (SSSR count). The van der Waals surface area contributed by atoms with Crippen LogP contribution in [0.25, 0.3) is 0 Å². The van der Waals surface area contributed by atoms with Crippen LogP contribution in [-0.2, 0) is 22.3 Å². The summed E-state index contributed by atoms with van der Waals surface area (Å²) in [7, 11) is 0. The molecule has 0 amide bonds. The molecule has 1 aromatic heterocycles. The smallest absolute Gasteiger partial charge is 0.167 e. The fraction of sp³-hybridized carbons (Fsp3) is 0.350. The fourth-order valence-electron chi connectivity index (χ4n) is 3.34. The monoisotopic (exact) mass is 388 g/mol. The predicted molar refractivity (Wildman–Crippen MR) is 99.4 cm³/mol. The number of aromatic nitrogens is 1. The Kier molecular flexibility index (Phi) is 4.58. The highest BCUT2D eigenvalue weighted by Crippen LogP contribution is 2.33. The zero-order valence-electron chi connectivity index (χ0n) is 15.0. The number of pyridine rings is 1. The molecule has 0 spiro atoms. The van der Waals surface area contributed by atoms with Gasteiger partial charge in [0.15, 0.2) is 17.4 Å². The molecule has 0 aliphatic carbocycles. The quantitative estimate of drug-likeness (QED) is 0.740. The SMILES string of the molecule is CC1(C)OCC(C2=Nc3nccc(C(=O)Cc4ccc(F)c(Cl)c4)c3C2)O1. The van der Waals surface area contributed by atoms with E-state index in [4.69, 9.17) is 21.1 Å². The van der Waals surface area contributed by atoms with E-state index in [1.54, 1.807) is 18.3 Å². The molecule has 0 saturated carbocycles. The van der Waals surface area contributed by atoms with Gasteiger partial charge in [0.1, 0.15) is 11.9 Å². The number of halogens is 2. The van der Waals surface area contributed by atoms with E-state index >= 15 is 0 Å². The zero-order valence-corrected chi connectivity index (χ0v) is 15.7. The minimum absolute atomic E-state index is 0.00636. The maximum absolute atomic E-state index is 13.3. The van der Waals surface area contributed by atoms with E-state index in [1.807, 2.05) is 13.8 Å². The first-order valence-corrected chi connectivity index (χ1v) is 9.04. The van der Waals surface area contributed by atoms with E-state index in [0.29, 0.717) is 30.0 Å². The molecule has 1 fully saturated rings. The number of Topliss-reactive ketones (excluding diaryl/α,β-unsaturated/α-hetero) is 1. The summed E-state index contributed by atoms with van der Waals surface area (Å²) in [6.07, 6.45) is 1.96. The standard InChI is InChI=1S/C20H18ClFN2O3/c1-20(2)26-10-18(27-20)16-9-13-12(5-6-23-19(13)24-16)17(25)8-11-3-4-15(22)14(21)7-11/h3-7,18H,8-10H2,1-2H3. The van der Waals surface area contributed by atoms with Gasteiger partial charge in [0, 0.05) is 30.2 Å². The third kappa shape index (κ3) is 3.65.